The third-order valence-electron chi connectivity index (χ3n) is 8.86. The Morgan fingerprint density at radius 1 is 0.959 bits per heavy atom. The van der Waals surface area contributed by atoms with Crippen molar-refractivity contribution in [3.8, 4) is 16.9 Å². The van der Waals surface area contributed by atoms with Crippen LogP contribution in [-0.2, 0) is 23.3 Å². The molecule has 2 saturated carbocycles. The molecule has 0 bridgehead atoms. The molecule has 2 heterocycles. The minimum atomic E-state index is -1.73. The number of unbranched alkanes of at least 4 members (excludes halogenated alkanes) is 1. The second kappa shape index (κ2) is 19.7. The number of para-hydroxylation sites is 1. The van der Waals surface area contributed by atoms with Crippen molar-refractivity contribution >= 4 is 43.1 Å². The summed E-state index contributed by atoms with van der Waals surface area (Å²) < 4.78 is 6.24. The zero-order valence-electron chi connectivity index (χ0n) is 27.5. The van der Waals surface area contributed by atoms with Crippen LogP contribution in [0.3, 0.4) is 0 Å². The summed E-state index contributed by atoms with van der Waals surface area (Å²) in [6, 6.07) is 14.4. The average Bonchev–Trinajstić information content (AvgIpc) is 4.02. The van der Waals surface area contributed by atoms with Gasteiger partial charge in [0.05, 0.1) is 24.5 Å². The van der Waals surface area contributed by atoms with Crippen LogP contribution in [0.25, 0.3) is 11.1 Å². The summed E-state index contributed by atoms with van der Waals surface area (Å²) in [4.78, 5) is 21.7. The van der Waals surface area contributed by atoms with Gasteiger partial charge in [-0.2, -0.15) is 0 Å². The number of ether oxygens (including phenoxy) is 1. The number of hydrogen-bond donors (Lipinski definition) is 7. The number of aliphatic hydroxyl groups excluding tert-OH is 5. The van der Waals surface area contributed by atoms with Crippen molar-refractivity contribution in [3.63, 3.8) is 0 Å². The molecule has 11 nitrogen and oxygen atoms in total. The molecule has 2 aliphatic carbocycles. The van der Waals surface area contributed by atoms with E-state index in [1.807, 2.05) is 30.6 Å². The smallest absolute Gasteiger partial charge is 0.220 e. The van der Waals surface area contributed by atoms with Crippen molar-refractivity contribution in [2.45, 2.75) is 101 Å². The van der Waals surface area contributed by atoms with Crippen LogP contribution in [-0.4, -0.2) is 85.1 Å². The Morgan fingerprint density at radius 2 is 1.67 bits per heavy atom. The molecule has 7 N–H and O–H groups in total. The van der Waals surface area contributed by atoms with Crippen LogP contribution in [0.5, 0.6) is 5.75 Å². The van der Waals surface area contributed by atoms with Crippen LogP contribution < -0.4 is 15.4 Å². The topological polar surface area (TPSA) is 177 Å². The number of nitrogens with one attached hydrogen (secondary N) is 2. The van der Waals surface area contributed by atoms with Gasteiger partial charge in [0.15, 0.2) is 0 Å². The first kappa shape index (κ1) is 42.6. The van der Waals surface area contributed by atoms with Gasteiger partial charge in [-0.3, -0.25) is 14.8 Å². The summed E-state index contributed by atoms with van der Waals surface area (Å²) in [7, 11) is 0. The minimum Gasteiger partial charge on any atom is -0.490 e. The fraction of sp³-hybridized carbons (Fsp3) is 0.514. The molecule has 4 unspecified atom stereocenters. The number of pyridine rings is 2. The zero-order chi connectivity index (χ0) is 32.7. The minimum absolute atomic E-state index is 0. The summed E-state index contributed by atoms with van der Waals surface area (Å²) in [5.41, 5.74) is 6.29. The summed E-state index contributed by atoms with van der Waals surface area (Å²) in [6.07, 6.45) is 4.16. The Kier molecular flexibility index (Phi) is 17.1. The molecule has 0 radical (unpaired) electrons. The van der Waals surface area contributed by atoms with E-state index in [2.05, 4.69) is 46.8 Å². The van der Waals surface area contributed by atoms with Gasteiger partial charge in [0, 0.05) is 48.7 Å². The normalized spacial score (nSPS) is 16.9. The molecule has 2 aromatic heterocycles. The fourth-order valence-electron chi connectivity index (χ4n) is 5.60. The number of aromatic nitrogens is 2. The lowest BCUT2D eigenvalue weighted by Gasteiger charge is -2.25. The van der Waals surface area contributed by atoms with E-state index in [4.69, 9.17) is 14.8 Å². The molecule has 272 valence electrons. The second-order valence-electron chi connectivity index (χ2n) is 12.5. The molecular formula is C35H49Cl3N4O7. The van der Waals surface area contributed by atoms with Crippen molar-refractivity contribution < 1.29 is 35.1 Å². The Labute approximate surface area is 306 Å². The van der Waals surface area contributed by atoms with Crippen molar-refractivity contribution in [2.24, 2.45) is 0 Å². The van der Waals surface area contributed by atoms with Gasteiger partial charge in [0.2, 0.25) is 5.91 Å². The molecule has 1 amide bonds. The van der Waals surface area contributed by atoms with Crippen LogP contribution in [0.4, 0.5) is 0 Å². The zero-order valence-corrected chi connectivity index (χ0v) is 30.0. The first-order valence-corrected chi connectivity index (χ1v) is 16.2. The van der Waals surface area contributed by atoms with E-state index in [-0.39, 0.29) is 61.6 Å². The van der Waals surface area contributed by atoms with E-state index in [1.165, 1.54) is 5.56 Å². The summed E-state index contributed by atoms with van der Waals surface area (Å²) in [5.74, 6) is 0.624. The van der Waals surface area contributed by atoms with Gasteiger partial charge in [0.1, 0.15) is 24.1 Å². The molecule has 4 atom stereocenters. The molecule has 5 rings (SSSR count). The maximum absolute atomic E-state index is 12.2. The quantitative estimate of drug-likeness (QED) is 0.0958. The SMILES string of the molecule is Cc1ccc(CCCCC(=O)NCC(O)C(O)C(O)C(O)CO)nc1CNC1(c2cnccc2-c2ccccc2OC2CC2)CC1.Cl.Cl.Cl. The number of amides is 1. The Balaban J connectivity index is 0.00000278. The summed E-state index contributed by atoms with van der Waals surface area (Å²) in [6.45, 7) is 1.64. The lowest BCUT2D eigenvalue weighted by molar-refractivity contribution is -0.126. The van der Waals surface area contributed by atoms with E-state index in [0.717, 1.165) is 65.9 Å². The number of hydrogen-bond acceptors (Lipinski definition) is 10. The Bertz CT molecular complexity index is 1480. The number of nitrogens with zero attached hydrogens (tertiary/aromatic N) is 2. The number of benzene rings is 1. The average molecular weight is 744 g/mol. The van der Waals surface area contributed by atoms with Crippen LogP contribution in [0.2, 0.25) is 0 Å². The number of carbonyl (C=O) groups is 1. The lowest BCUT2D eigenvalue weighted by Crippen LogP contribution is -2.49. The standard InChI is InChI=1S/C35H46N4O7.3ClH/c1-22-10-11-23(6-2-5-9-32(43)37-20-29(41)33(44)34(45)30(42)21-40)39-28(22)19-38-35(15-16-35)27-18-36-17-14-25(27)26-7-3-4-8-31(26)46-24-12-13-24;;;/h3-4,7-8,10-11,14,17-18,24,29-30,33-34,38,40-42,44-45H,2,5-6,9,12-13,15-16,19-21H2,1H3,(H,37,43);3*1H. The van der Waals surface area contributed by atoms with Gasteiger partial charge in [-0.25, -0.2) is 0 Å². The van der Waals surface area contributed by atoms with Crippen molar-refractivity contribution in [2.75, 3.05) is 13.2 Å². The molecule has 2 fully saturated rings. The highest BCUT2D eigenvalue weighted by Crippen LogP contribution is 2.50. The van der Waals surface area contributed by atoms with Crippen molar-refractivity contribution in [3.05, 3.63) is 77.4 Å². The first-order chi connectivity index (χ1) is 22.2. The fourth-order valence-corrected chi connectivity index (χ4v) is 5.60. The van der Waals surface area contributed by atoms with Crippen LogP contribution in [0.15, 0.2) is 54.9 Å². The number of aliphatic hydroxyl groups is 5. The van der Waals surface area contributed by atoms with Gasteiger partial charge in [-0.05, 0) is 86.8 Å². The number of carbonyl (C=O) groups excluding carboxylic acids is 1. The van der Waals surface area contributed by atoms with Crippen LogP contribution in [0.1, 0.15) is 67.5 Å². The maximum atomic E-state index is 12.2. The van der Waals surface area contributed by atoms with Gasteiger partial charge in [-0.15, -0.1) is 37.2 Å². The van der Waals surface area contributed by atoms with Gasteiger partial charge < -0.3 is 40.9 Å². The predicted octanol–water partition coefficient (Wildman–Crippen LogP) is 3.30. The molecule has 0 spiro atoms. The van der Waals surface area contributed by atoms with Gasteiger partial charge in [0.25, 0.3) is 0 Å². The van der Waals surface area contributed by atoms with E-state index >= 15 is 0 Å². The number of aryl methyl sites for hydroxylation is 2. The van der Waals surface area contributed by atoms with Crippen LogP contribution in [0, 0.1) is 6.92 Å². The molecular weight excluding hydrogens is 695 g/mol. The first-order valence-electron chi connectivity index (χ1n) is 16.2. The predicted molar refractivity (Wildman–Crippen MR) is 193 cm³/mol. The molecule has 14 heteroatoms. The molecule has 0 saturated heterocycles. The third-order valence-corrected chi connectivity index (χ3v) is 8.86. The monoisotopic (exact) mass is 742 g/mol. The Morgan fingerprint density at radius 3 is 2.37 bits per heavy atom. The summed E-state index contributed by atoms with van der Waals surface area (Å²) >= 11 is 0. The highest BCUT2D eigenvalue weighted by atomic mass is 35.5. The summed E-state index contributed by atoms with van der Waals surface area (Å²) in [5, 5.41) is 54.2. The number of halogens is 3. The molecule has 2 aliphatic rings. The lowest BCUT2D eigenvalue weighted by atomic mass is 9.94. The third kappa shape index (κ3) is 11.5. The van der Waals surface area contributed by atoms with E-state index in [0.29, 0.717) is 25.5 Å². The van der Waals surface area contributed by atoms with Gasteiger partial charge >= 0.3 is 0 Å². The van der Waals surface area contributed by atoms with Crippen molar-refractivity contribution in [1.29, 1.82) is 0 Å². The van der Waals surface area contributed by atoms with E-state index in [1.54, 1.807) is 0 Å². The van der Waals surface area contributed by atoms with Gasteiger partial charge in [-0.1, -0.05) is 24.3 Å². The maximum Gasteiger partial charge on any atom is 0.220 e. The highest BCUT2D eigenvalue weighted by molar-refractivity contribution is 5.86. The molecule has 1 aromatic carbocycles. The molecule has 49 heavy (non-hydrogen) atoms. The Hall–Kier alpha value is -2.58. The largest absolute Gasteiger partial charge is 0.490 e. The van der Waals surface area contributed by atoms with Crippen LogP contribution >= 0.6 is 37.2 Å². The van der Waals surface area contributed by atoms with E-state index < -0.39 is 31.0 Å². The molecule has 0 aliphatic heterocycles. The number of rotatable bonds is 18. The molecule has 3 aromatic rings. The van der Waals surface area contributed by atoms with Crippen molar-refractivity contribution in [1.82, 2.24) is 20.6 Å². The highest BCUT2D eigenvalue weighted by Gasteiger charge is 2.46. The van der Waals surface area contributed by atoms with E-state index in [9.17, 15) is 25.2 Å². The second-order valence-corrected chi connectivity index (χ2v) is 12.5.